The van der Waals surface area contributed by atoms with Crippen molar-refractivity contribution in [2.75, 3.05) is 7.11 Å². The minimum Gasteiger partial charge on any atom is -0.497 e. The van der Waals surface area contributed by atoms with Gasteiger partial charge < -0.3 is 14.9 Å². The van der Waals surface area contributed by atoms with E-state index in [1.54, 1.807) is 7.11 Å². The third kappa shape index (κ3) is 3.69. The first kappa shape index (κ1) is 15.1. The highest BCUT2D eigenvalue weighted by Gasteiger charge is 2.28. The summed E-state index contributed by atoms with van der Waals surface area (Å²) in [7, 11) is 1.62. The molecule has 0 bridgehead atoms. The van der Waals surface area contributed by atoms with Crippen molar-refractivity contribution >= 4 is 11.6 Å². The van der Waals surface area contributed by atoms with Crippen LogP contribution in [-0.2, 0) is 16.2 Å². The molecule has 0 saturated heterocycles. The maximum absolute atomic E-state index is 12.2. The largest absolute Gasteiger partial charge is 0.497 e. The van der Waals surface area contributed by atoms with E-state index in [0.717, 1.165) is 22.6 Å². The molecule has 1 aliphatic rings. The van der Waals surface area contributed by atoms with Crippen molar-refractivity contribution in [3.8, 4) is 5.75 Å². The molecule has 0 unspecified atom stereocenters. The lowest BCUT2D eigenvalue weighted by atomic mass is 10.0. The monoisotopic (exact) mass is 310 g/mol. The minimum atomic E-state index is -0.573. The molecule has 2 aromatic carbocycles. The molecule has 1 N–H and O–H groups in total. The quantitative estimate of drug-likeness (QED) is 0.923. The number of carbonyl (C=O) groups excluding carboxylic acids is 1. The first-order valence-corrected chi connectivity index (χ1v) is 7.45. The number of nitrogens with one attached hydrogen (secondary N) is 1. The van der Waals surface area contributed by atoms with Gasteiger partial charge in [-0.25, -0.2) is 0 Å². The highest BCUT2D eigenvalue weighted by atomic mass is 16.6. The van der Waals surface area contributed by atoms with Crippen LogP contribution in [0.1, 0.15) is 17.5 Å². The molecule has 1 atom stereocenters. The van der Waals surface area contributed by atoms with Crippen LogP contribution in [0.15, 0.2) is 59.8 Å². The van der Waals surface area contributed by atoms with Crippen LogP contribution in [-0.4, -0.2) is 24.8 Å². The van der Waals surface area contributed by atoms with E-state index in [1.807, 2.05) is 54.6 Å². The third-order valence-corrected chi connectivity index (χ3v) is 3.69. The number of methoxy groups -OCH3 is 1. The Morgan fingerprint density at radius 1 is 1.22 bits per heavy atom. The Bertz CT molecular complexity index is 696. The summed E-state index contributed by atoms with van der Waals surface area (Å²) in [6, 6.07) is 17.3. The van der Waals surface area contributed by atoms with Crippen LogP contribution in [0, 0.1) is 0 Å². The second-order valence-electron chi connectivity index (χ2n) is 5.27. The molecule has 5 heteroatoms. The molecule has 23 heavy (non-hydrogen) atoms. The van der Waals surface area contributed by atoms with Crippen LogP contribution < -0.4 is 10.1 Å². The number of hydrogen-bond donors (Lipinski definition) is 1. The number of rotatable bonds is 5. The fourth-order valence-corrected chi connectivity index (χ4v) is 2.37. The summed E-state index contributed by atoms with van der Waals surface area (Å²) in [4.78, 5) is 17.4. The summed E-state index contributed by atoms with van der Waals surface area (Å²) in [5.41, 5.74) is 2.76. The number of benzene rings is 2. The average Bonchev–Trinajstić information content (AvgIpc) is 3.11. The molecule has 1 amide bonds. The fraction of sp³-hybridized carbons (Fsp3) is 0.222. The normalized spacial score (nSPS) is 16.4. The smallest absolute Gasteiger partial charge is 0.264 e. The summed E-state index contributed by atoms with van der Waals surface area (Å²) >= 11 is 0. The van der Waals surface area contributed by atoms with Crippen molar-refractivity contribution in [1.29, 1.82) is 0 Å². The molecular weight excluding hydrogens is 292 g/mol. The zero-order valence-corrected chi connectivity index (χ0v) is 12.9. The predicted molar refractivity (Wildman–Crippen MR) is 87.3 cm³/mol. The number of oxime groups is 1. The Kier molecular flexibility index (Phi) is 4.57. The first-order valence-electron chi connectivity index (χ1n) is 7.45. The van der Waals surface area contributed by atoms with Crippen molar-refractivity contribution in [3.63, 3.8) is 0 Å². The number of amides is 1. The van der Waals surface area contributed by atoms with E-state index >= 15 is 0 Å². The standard InChI is InChI=1S/C18H18N2O3/c1-22-15-9-7-14(8-10-15)16-11-17(23-20-16)18(21)19-12-13-5-3-2-4-6-13/h2-10,17H,11-12H2,1H3,(H,19,21)/t17-/m0/s1. The maximum atomic E-state index is 12.2. The predicted octanol–water partition coefficient (Wildman–Crippen LogP) is 2.50. The van der Waals surface area contributed by atoms with Crippen LogP contribution in [0.4, 0.5) is 0 Å². The van der Waals surface area contributed by atoms with Gasteiger partial charge in [0, 0.05) is 13.0 Å². The molecule has 1 aliphatic heterocycles. The van der Waals surface area contributed by atoms with Crippen LogP contribution in [0.25, 0.3) is 0 Å². The van der Waals surface area contributed by atoms with Crippen LogP contribution in [0.3, 0.4) is 0 Å². The van der Waals surface area contributed by atoms with E-state index in [9.17, 15) is 4.79 Å². The summed E-state index contributed by atoms with van der Waals surface area (Å²) in [5.74, 6) is 0.631. The topological polar surface area (TPSA) is 59.9 Å². The van der Waals surface area contributed by atoms with E-state index in [1.165, 1.54) is 0 Å². The molecule has 0 aliphatic carbocycles. The summed E-state index contributed by atoms with van der Waals surface area (Å²) in [6.45, 7) is 0.484. The Morgan fingerprint density at radius 2 is 1.96 bits per heavy atom. The van der Waals surface area contributed by atoms with Crippen molar-refractivity contribution in [2.45, 2.75) is 19.1 Å². The van der Waals surface area contributed by atoms with Gasteiger partial charge in [0.05, 0.1) is 12.8 Å². The SMILES string of the molecule is COc1ccc(C2=NO[C@H](C(=O)NCc3ccccc3)C2)cc1. The van der Waals surface area contributed by atoms with Gasteiger partial charge in [-0.1, -0.05) is 35.5 Å². The van der Waals surface area contributed by atoms with Gasteiger partial charge in [0.15, 0.2) is 0 Å². The van der Waals surface area contributed by atoms with Gasteiger partial charge in [-0.2, -0.15) is 0 Å². The number of nitrogens with zero attached hydrogens (tertiary/aromatic N) is 1. The first-order chi connectivity index (χ1) is 11.3. The highest BCUT2D eigenvalue weighted by Crippen LogP contribution is 2.19. The lowest BCUT2D eigenvalue weighted by molar-refractivity contribution is -0.131. The fourth-order valence-electron chi connectivity index (χ4n) is 2.37. The number of ether oxygens (including phenoxy) is 1. The third-order valence-electron chi connectivity index (χ3n) is 3.69. The van der Waals surface area contributed by atoms with Gasteiger partial charge in [0.1, 0.15) is 5.75 Å². The van der Waals surface area contributed by atoms with Crippen LogP contribution in [0.5, 0.6) is 5.75 Å². The van der Waals surface area contributed by atoms with Crippen molar-refractivity contribution < 1.29 is 14.4 Å². The van der Waals surface area contributed by atoms with Gasteiger partial charge >= 0.3 is 0 Å². The molecule has 0 radical (unpaired) electrons. The Labute approximate surface area is 134 Å². The zero-order chi connectivity index (χ0) is 16.1. The molecule has 5 nitrogen and oxygen atoms in total. The van der Waals surface area contributed by atoms with Gasteiger partial charge in [-0.15, -0.1) is 0 Å². The Hall–Kier alpha value is -2.82. The summed E-state index contributed by atoms with van der Waals surface area (Å²) < 4.78 is 5.13. The lowest BCUT2D eigenvalue weighted by Crippen LogP contribution is -2.34. The molecular formula is C18H18N2O3. The second-order valence-corrected chi connectivity index (χ2v) is 5.27. The van der Waals surface area contributed by atoms with Crippen molar-refractivity contribution in [1.82, 2.24) is 5.32 Å². The number of hydrogen-bond acceptors (Lipinski definition) is 4. The Balaban J connectivity index is 1.54. The van der Waals surface area contributed by atoms with E-state index in [2.05, 4.69) is 10.5 Å². The maximum Gasteiger partial charge on any atom is 0.264 e. The van der Waals surface area contributed by atoms with Crippen LogP contribution >= 0.6 is 0 Å². The van der Waals surface area contributed by atoms with E-state index in [0.29, 0.717) is 13.0 Å². The summed E-state index contributed by atoms with van der Waals surface area (Å²) in [6.07, 6.45) is -0.108. The zero-order valence-electron chi connectivity index (χ0n) is 12.9. The summed E-state index contributed by atoms with van der Waals surface area (Å²) in [5, 5.41) is 6.91. The van der Waals surface area contributed by atoms with Gasteiger partial charge in [-0.05, 0) is 35.4 Å². The van der Waals surface area contributed by atoms with Crippen molar-refractivity contribution in [3.05, 3.63) is 65.7 Å². The van der Waals surface area contributed by atoms with Crippen LogP contribution in [0.2, 0.25) is 0 Å². The lowest BCUT2D eigenvalue weighted by Gasteiger charge is -2.09. The molecule has 1 heterocycles. The molecule has 0 aromatic heterocycles. The molecule has 2 aromatic rings. The van der Waals surface area contributed by atoms with Gasteiger partial charge in [0.2, 0.25) is 6.10 Å². The highest BCUT2D eigenvalue weighted by molar-refractivity contribution is 6.04. The molecule has 3 rings (SSSR count). The van der Waals surface area contributed by atoms with E-state index in [4.69, 9.17) is 9.57 Å². The van der Waals surface area contributed by atoms with E-state index < -0.39 is 6.10 Å². The van der Waals surface area contributed by atoms with Gasteiger partial charge in [0.25, 0.3) is 5.91 Å². The Morgan fingerprint density at radius 3 is 2.65 bits per heavy atom. The molecule has 118 valence electrons. The number of carbonyl (C=O) groups is 1. The second kappa shape index (κ2) is 6.96. The molecule has 0 fully saturated rings. The van der Waals surface area contributed by atoms with Gasteiger partial charge in [-0.3, -0.25) is 4.79 Å². The molecule has 0 spiro atoms. The van der Waals surface area contributed by atoms with E-state index in [-0.39, 0.29) is 5.91 Å². The molecule has 0 saturated carbocycles. The average molecular weight is 310 g/mol. The minimum absolute atomic E-state index is 0.152. The van der Waals surface area contributed by atoms with Crippen molar-refractivity contribution in [2.24, 2.45) is 5.16 Å².